The fourth-order valence-electron chi connectivity index (χ4n) is 3.40. The minimum absolute atomic E-state index is 0.0997. The Morgan fingerprint density at radius 2 is 1.95 bits per heavy atom. The Balaban J connectivity index is 2.00. The standard InChI is InChI=1S/C15H29N3O3S/c1-5-12-10-18(22(20,21)11(2)3)9-7-13(12)16-14-6-8-17(4)15(14)19/h11-14,16H,5-10H2,1-4H3/t12-,13-,14+/m1/s1. The van der Waals surface area contributed by atoms with Gasteiger partial charge in [0.1, 0.15) is 0 Å². The molecule has 22 heavy (non-hydrogen) atoms. The van der Waals surface area contributed by atoms with Gasteiger partial charge in [-0.2, -0.15) is 0 Å². The van der Waals surface area contributed by atoms with Crippen LogP contribution in [0, 0.1) is 5.92 Å². The number of rotatable bonds is 5. The third kappa shape index (κ3) is 3.46. The largest absolute Gasteiger partial charge is 0.344 e. The molecule has 7 heteroatoms. The highest BCUT2D eigenvalue weighted by Crippen LogP contribution is 2.25. The van der Waals surface area contributed by atoms with Gasteiger partial charge in [0.25, 0.3) is 0 Å². The Hall–Kier alpha value is -0.660. The van der Waals surface area contributed by atoms with Gasteiger partial charge >= 0.3 is 0 Å². The summed E-state index contributed by atoms with van der Waals surface area (Å²) in [7, 11) is -1.35. The lowest BCUT2D eigenvalue weighted by Crippen LogP contribution is -2.55. The molecule has 0 radical (unpaired) electrons. The highest BCUT2D eigenvalue weighted by atomic mass is 32.2. The molecule has 2 rings (SSSR count). The maximum Gasteiger partial charge on any atom is 0.239 e. The Morgan fingerprint density at radius 3 is 2.45 bits per heavy atom. The van der Waals surface area contributed by atoms with Gasteiger partial charge in [-0.15, -0.1) is 0 Å². The molecule has 0 bridgehead atoms. The van der Waals surface area contributed by atoms with E-state index in [0.29, 0.717) is 13.1 Å². The second kappa shape index (κ2) is 6.84. The van der Waals surface area contributed by atoms with Gasteiger partial charge in [-0.05, 0) is 32.6 Å². The van der Waals surface area contributed by atoms with Crippen molar-refractivity contribution in [2.45, 2.75) is 57.4 Å². The van der Waals surface area contributed by atoms with Gasteiger partial charge in [-0.1, -0.05) is 13.3 Å². The quantitative estimate of drug-likeness (QED) is 0.803. The zero-order valence-corrected chi connectivity index (χ0v) is 14.9. The summed E-state index contributed by atoms with van der Waals surface area (Å²) in [6.07, 6.45) is 2.53. The second-order valence-corrected chi connectivity index (χ2v) is 9.27. The Labute approximate surface area is 134 Å². The molecule has 128 valence electrons. The molecule has 2 aliphatic heterocycles. The molecular formula is C15H29N3O3S. The molecule has 2 heterocycles. The van der Waals surface area contributed by atoms with Gasteiger partial charge in [0, 0.05) is 32.7 Å². The maximum absolute atomic E-state index is 12.3. The average Bonchev–Trinajstić information content (AvgIpc) is 2.79. The molecule has 3 atom stereocenters. The lowest BCUT2D eigenvalue weighted by atomic mass is 9.90. The van der Waals surface area contributed by atoms with E-state index in [-0.39, 0.29) is 29.2 Å². The van der Waals surface area contributed by atoms with Gasteiger partial charge in [0.2, 0.25) is 15.9 Å². The van der Waals surface area contributed by atoms with Crippen LogP contribution in [-0.4, -0.2) is 67.5 Å². The summed E-state index contributed by atoms with van der Waals surface area (Å²) in [5, 5.41) is 3.11. The Morgan fingerprint density at radius 1 is 1.27 bits per heavy atom. The number of carbonyl (C=O) groups is 1. The average molecular weight is 331 g/mol. The van der Waals surface area contributed by atoms with Crippen molar-refractivity contribution in [1.29, 1.82) is 0 Å². The molecule has 0 aliphatic carbocycles. The van der Waals surface area contributed by atoms with Crippen molar-refractivity contribution in [2.75, 3.05) is 26.7 Å². The van der Waals surface area contributed by atoms with E-state index >= 15 is 0 Å². The van der Waals surface area contributed by atoms with E-state index in [1.807, 2.05) is 7.05 Å². The van der Waals surface area contributed by atoms with Gasteiger partial charge in [-0.25, -0.2) is 12.7 Å². The molecule has 6 nitrogen and oxygen atoms in total. The van der Waals surface area contributed by atoms with E-state index in [2.05, 4.69) is 12.2 Å². The first-order chi connectivity index (χ1) is 10.3. The number of hydrogen-bond donors (Lipinski definition) is 1. The van der Waals surface area contributed by atoms with Gasteiger partial charge in [0.05, 0.1) is 11.3 Å². The number of sulfonamides is 1. The number of piperidine rings is 1. The van der Waals surface area contributed by atoms with Crippen LogP contribution < -0.4 is 5.32 Å². The van der Waals surface area contributed by atoms with Crippen LogP contribution in [0.25, 0.3) is 0 Å². The molecule has 0 aromatic heterocycles. The topological polar surface area (TPSA) is 69.7 Å². The van der Waals surface area contributed by atoms with E-state index in [9.17, 15) is 13.2 Å². The van der Waals surface area contributed by atoms with Crippen LogP contribution in [0.1, 0.15) is 40.0 Å². The molecule has 0 unspecified atom stereocenters. The lowest BCUT2D eigenvalue weighted by Gasteiger charge is -2.39. The molecule has 1 amide bonds. The number of carbonyl (C=O) groups excluding carboxylic acids is 1. The molecule has 2 aliphatic rings. The third-order valence-corrected chi connectivity index (χ3v) is 7.26. The normalized spacial score (nSPS) is 31.2. The van der Waals surface area contributed by atoms with Crippen molar-refractivity contribution < 1.29 is 13.2 Å². The molecular weight excluding hydrogens is 302 g/mol. The first-order valence-electron chi connectivity index (χ1n) is 8.27. The first kappa shape index (κ1) is 17.7. The predicted molar refractivity (Wildman–Crippen MR) is 87.0 cm³/mol. The van der Waals surface area contributed by atoms with E-state index in [1.54, 1.807) is 23.1 Å². The summed E-state index contributed by atoms with van der Waals surface area (Å²) in [5.41, 5.74) is 0. The van der Waals surface area contributed by atoms with Crippen LogP contribution in [0.3, 0.4) is 0 Å². The summed E-state index contributed by atoms with van der Waals surface area (Å²) in [6, 6.07) is 0.126. The fraction of sp³-hybridized carbons (Fsp3) is 0.933. The van der Waals surface area contributed by atoms with Crippen molar-refractivity contribution in [3.8, 4) is 0 Å². The number of nitrogens with one attached hydrogen (secondary N) is 1. The monoisotopic (exact) mass is 331 g/mol. The second-order valence-electron chi connectivity index (χ2n) is 6.78. The van der Waals surface area contributed by atoms with Crippen molar-refractivity contribution in [1.82, 2.24) is 14.5 Å². The SMILES string of the molecule is CC[C@@H]1CN(S(=O)(=O)C(C)C)CC[C@H]1N[C@H]1CCN(C)C1=O. The van der Waals surface area contributed by atoms with Gasteiger partial charge in [-0.3, -0.25) is 4.79 Å². The summed E-state index contributed by atoms with van der Waals surface area (Å²) in [4.78, 5) is 13.8. The Kier molecular flexibility index (Phi) is 5.50. The summed E-state index contributed by atoms with van der Waals surface area (Å²) in [5.74, 6) is 0.424. The smallest absolute Gasteiger partial charge is 0.239 e. The van der Waals surface area contributed by atoms with Crippen LogP contribution in [0.15, 0.2) is 0 Å². The highest BCUT2D eigenvalue weighted by molar-refractivity contribution is 7.89. The van der Waals surface area contributed by atoms with E-state index in [0.717, 1.165) is 25.8 Å². The Bertz CT molecular complexity index is 506. The van der Waals surface area contributed by atoms with E-state index in [4.69, 9.17) is 0 Å². The molecule has 2 saturated heterocycles. The third-order valence-electron chi connectivity index (χ3n) is 5.02. The van der Waals surface area contributed by atoms with Crippen molar-refractivity contribution in [2.24, 2.45) is 5.92 Å². The molecule has 0 aromatic carbocycles. The van der Waals surface area contributed by atoms with Crippen LogP contribution in [-0.2, 0) is 14.8 Å². The van der Waals surface area contributed by atoms with E-state index < -0.39 is 10.0 Å². The van der Waals surface area contributed by atoms with Crippen LogP contribution in [0.2, 0.25) is 0 Å². The summed E-state index contributed by atoms with van der Waals surface area (Å²) in [6.45, 7) is 7.46. The van der Waals surface area contributed by atoms with Crippen LogP contribution >= 0.6 is 0 Å². The molecule has 2 fully saturated rings. The highest BCUT2D eigenvalue weighted by Gasteiger charge is 2.38. The zero-order valence-electron chi connectivity index (χ0n) is 14.1. The summed E-state index contributed by atoms with van der Waals surface area (Å²) >= 11 is 0. The van der Waals surface area contributed by atoms with E-state index in [1.165, 1.54) is 0 Å². The number of likely N-dealkylation sites (N-methyl/N-ethyl adjacent to an activating group) is 1. The first-order valence-corrected chi connectivity index (χ1v) is 9.77. The van der Waals surface area contributed by atoms with Crippen LogP contribution in [0.4, 0.5) is 0 Å². The van der Waals surface area contributed by atoms with Gasteiger partial charge < -0.3 is 10.2 Å². The number of likely N-dealkylation sites (tertiary alicyclic amines) is 1. The van der Waals surface area contributed by atoms with Gasteiger partial charge in [0.15, 0.2) is 0 Å². The summed E-state index contributed by atoms with van der Waals surface area (Å²) < 4.78 is 26.3. The number of amides is 1. The number of nitrogens with zero attached hydrogens (tertiary/aromatic N) is 2. The molecule has 0 aromatic rings. The molecule has 1 N–H and O–H groups in total. The van der Waals surface area contributed by atoms with Crippen molar-refractivity contribution in [3.63, 3.8) is 0 Å². The maximum atomic E-state index is 12.3. The van der Waals surface area contributed by atoms with Crippen molar-refractivity contribution in [3.05, 3.63) is 0 Å². The number of hydrogen-bond acceptors (Lipinski definition) is 4. The minimum atomic E-state index is -3.18. The lowest BCUT2D eigenvalue weighted by molar-refractivity contribution is -0.128. The minimum Gasteiger partial charge on any atom is -0.344 e. The van der Waals surface area contributed by atoms with Crippen LogP contribution in [0.5, 0.6) is 0 Å². The van der Waals surface area contributed by atoms with Crippen molar-refractivity contribution >= 4 is 15.9 Å². The fourth-order valence-corrected chi connectivity index (χ4v) is 4.75. The zero-order chi connectivity index (χ0) is 16.5. The molecule has 0 spiro atoms. The molecule has 0 saturated carbocycles. The predicted octanol–water partition coefficient (Wildman–Crippen LogP) is 0.645.